The van der Waals surface area contributed by atoms with Crippen LogP contribution in [0.3, 0.4) is 0 Å². The predicted molar refractivity (Wildman–Crippen MR) is 103 cm³/mol. The zero-order valence-corrected chi connectivity index (χ0v) is 16.6. The molecule has 4 rings (SSSR count). The maximum Gasteiger partial charge on any atom is 0.289 e. The third kappa shape index (κ3) is 3.60. The number of benzene rings is 1. The Morgan fingerprint density at radius 1 is 1.21 bits per heavy atom. The van der Waals surface area contributed by atoms with E-state index in [0.717, 1.165) is 0 Å². The van der Waals surface area contributed by atoms with E-state index < -0.39 is 16.1 Å². The second kappa shape index (κ2) is 7.53. The monoisotopic (exact) mass is 419 g/mol. The number of nitrogens with one attached hydrogen (secondary N) is 1. The Bertz CT molecular complexity index is 1030. The fourth-order valence-electron chi connectivity index (χ4n) is 3.40. The van der Waals surface area contributed by atoms with Gasteiger partial charge in [-0.2, -0.15) is 4.31 Å². The molecule has 2 amide bonds. The topological polar surface area (TPSA) is 109 Å². The van der Waals surface area contributed by atoms with Gasteiger partial charge >= 0.3 is 0 Å². The molecule has 1 aromatic heterocycles. The Morgan fingerprint density at radius 3 is 2.62 bits per heavy atom. The molecule has 1 N–H and O–H groups in total. The third-order valence-electron chi connectivity index (χ3n) is 5.04. The molecule has 9 nitrogen and oxygen atoms in total. The SMILES string of the molecule is CC[C@H]1Oc2ccc(S(=O)(=O)N3CCN(C(=O)c4ccco4)CC3)cc2NC1=O. The highest BCUT2D eigenvalue weighted by molar-refractivity contribution is 7.89. The number of sulfonamides is 1. The molecule has 0 spiro atoms. The van der Waals surface area contributed by atoms with Gasteiger partial charge in [0.2, 0.25) is 10.0 Å². The minimum atomic E-state index is -3.77. The predicted octanol–water partition coefficient (Wildman–Crippen LogP) is 1.54. The van der Waals surface area contributed by atoms with E-state index in [9.17, 15) is 18.0 Å². The van der Waals surface area contributed by atoms with E-state index in [1.807, 2.05) is 6.92 Å². The van der Waals surface area contributed by atoms with Crippen molar-refractivity contribution in [3.63, 3.8) is 0 Å². The first kappa shape index (κ1) is 19.5. The average molecular weight is 419 g/mol. The van der Waals surface area contributed by atoms with Gasteiger partial charge < -0.3 is 19.4 Å². The van der Waals surface area contributed by atoms with Crippen molar-refractivity contribution in [1.82, 2.24) is 9.21 Å². The van der Waals surface area contributed by atoms with Crippen molar-refractivity contribution >= 4 is 27.5 Å². The van der Waals surface area contributed by atoms with Gasteiger partial charge in [0.25, 0.3) is 11.8 Å². The Kier molecular flexibility index (Phi) is 5.05. The van der Waals surface area contributed by atoms with Crippen LogP contribution in [0.4, 0.5) is 5.69 Å². The number of fused-ring (bicyclic) bond motifs is 1. The molecule has 2 aliphatic heterocycles. The fourth-order valence-corrected chi connectivity index (χ4v) is 4.84. The summed E-state index contributed by atoms with van der Waals surface area (Å²) in [5.41, 5.74) is 0.340. The molecule has 2 aliphatic rings. The minimum absolute atomic E-state index is 0.0703. The van der Waals surface area contributed by atoms with Crippen molar-refractivity contribution < 1.29 is 27.2 Å². The van der Waals surface area contributed by atoms with Gasteiger partial charge in [-0.05, 0) is 36.8 Å². The van der Waals surface area contributed by atoms with Crippen molar-refractivity contribution in [3.05, 3.63) is 42.4 Å². The lowest BCUT2D eigenvalue weighted by atomic mass is 10.2. The molecular weight excluding hydrogens is 398 g/mol. The van der Waals surface area contributed by atoms with E-state index in [4.69, 9.17) is 9.15 Å². The molecule has 0 saturated carbocycles. The van der Waals surface area contributed by atoms with Crippen molar-refractivity contribution in [2.24, 2.45) is 0 Å². The van der Waals surface area contributed by atoms with Gasteiger partial charge in [0.15, 0.2) is 11.9 Å². The standard InChI is InChI=1S/C19H21N3O6S/c1-2-15-18(23)20-14-12-13(5-6-16(14)28-15)29(25,26)22-9-7-21(8-10-22)19(24)17-4-3-11-27-17/h3-6,11-12,15H,2,7-10H2,1H3,(H,20,23)/t15-/m1/s1. The van der Waals surface area contributed by atoms with E-state index >= 15 is 0 Å². The number of anilines is 1. The molecule has 3 heterocycles. The molecule has 1 saturated heterocycles. The number of hydrogen-bond acceptors (Lipinski definition) is 6. The summed E-state index contributed by atoms with van der Waals surface area (Å²) in [6.07, 6.45) is 1.37. The Labute approximate surface area is 168 Å². The Morgan fingerprint density at radius 2 is 1.97 bits per heavy atom. The number of carbonyl (C=O) groups excluding carboxylic acids is 2. The van der Waals surface area contributed by atoms with Gasteiger partial charge in [-0.15, -0.1) is 0 Å². The molecule has 0 aliphatic carbocycles. The van der Waals surface area contributed by atoms with Crippen LogP contribution in [-0.2, 0) is 14.8 Å². The van der Waals surface area contributed by atoms with Crippen molar-refractivity contribution in [3.8, 4) is 5.75 Å². The molecule has 0 radical (unpaired) electrons. The van der Waals surface area contributed by atoms with E-state index in [2.05, 4.69) is 5.32 Å². The van der Waals surface area contributed by atoms with Crippen LogP contribution in [0.1, 0.15) is 23.9 Å². The highest BCUT2D eigenvalue weighted by Crippen LogP contribution is 2.33. The van der Waals surface area contributed by atoms with Crippen molar-refractivity contribution in [1.29, 1.82) is 0 Å². The lowest BCUT2D eigenvalue weighted by Crippen LogP contribution is -2.50. The first-order valence-electron chi connectivity index (χ1n) is 9.34. The number of furan rings is 1. The maximum absolute atomic E-state index is 13.0. The average Bonchev–Trinajstić information content (AvgIpc) is 3.27. The van der Waals surface area contributed by atoms with Crippen LogP contribution in [-0.4, -0.2) is 61.7 Å². The number of ether oxygens (including phenoxy) is 1. The first-order chi connectivity index (χ1) is 13.9. The van der Waals surface area contributed by atoms with Gasteiger partial charge in [0.1, 0.15) is 5.75 Å². The van der Waals surface area contributed by atoms with Crippen LogP contribution in [0.5, 0.6) is 5.75 Å². The lowest BCUT2D eigenvalue weighted by Gasteiger charge is -2.33. The summed E-state index contributed by atoms with van der Waals surface area (Å²) in [7, 11) is -3.77. The minimum Gasteiger partial charge on any atom is -0.478 e. The summed E-state index contributed by atoms with van der Waals surface area (Å²) >= 11 is 0. The highest BCUT2D eigenvalue weighted by Gasteiger charge is 2.33. The molecule has 10 heteroatoms. The molecule has 0 bridgehead atoms. The summed E-state index contributed by atoms with van der Waals surface area (Å²) < 4.78 is 38.1. The molecule has 29 heavy (non-hydrogen) atoms. The highest BCUT2D eigenvalue weighted by atomic mass is 32.2. The first-order valence-corrected chi connectivity index (χ1v) is 10.8. The number of carbonyl (C=O) groups is 2. The number of piperazine rings is 1. The Hall–Kier alpha value is -2.85. The molecular formula is C19H21N3O6S. The number of amides is 2. The van der Waals surface area contributed by atoms with Crippen LogP contribution in [0, 0.1) is 0 Å². The van der Waals surface area contributed by atoms with Gasteiger partial charge in [0, 0.05) is 26.2 Å². The van der Waals surface area contributed by atoms with E-state index in [0.29, 0.717) is 17.9 Å². The van der Waals surface area contributed by atoms with Crippen molar-refractivity contribution in [2.45, 2.75) is 24.3 Å². The molecule has 1 aromatic carbocycles. The quantitative estimate of drug-likeness (QED) is 0.805. The molecule has 154 valence electrons. The Balaban J connectivity index is 1.48. The summed E-state index contributed by atoms with van der Waals surface area (Å²) in [6, 6.07) is 7.65. The van der Waals surface area contributed by atoms with E-state index in [-0.39, 0.29) is 48.6 Å². The molecule has 0 unspecified atom stereocenters. The lowest BCUT2D eigenvalue weighted by molar-refractivity contribution is -0.123. The smallest absolute Gasteiger partial charge is 0.289 e. The van der Waals surface area contributed by atoms with Crippen LogP contribution in [0.25, 0.3) is 0 Å². The van der Waals surface area contributed by atoms with E-state index in [1.165, 1.54) is 22.7 Å². The van der Waals surface area contributed by atoms with E-state index in [1.54, 1.807) is 23.1 Å². The second-order valence-electron chi connectivity index (χ2n) is 6.84. The zero-order valence-electron chi connectivity index (χ0n) is 15.8. The normalized spacial score (nSPS) is 20.0. The fraction of sp³-hybridized carbons (Fsp3) is 0.368. The van der Waals surface area contributed by atoms with Crippen molar-refractivity contribution in [2.75, 3.05) is 31.5 Å². The van der Waals surface area contributed by atoms with Gasteiger partial charge in [-0.3, -0.25) is 9.59 Å². The molecule has 1 atom stereocenters. The number of rotatable bonds is 4. The molecule has 1 fully saturated rings. The second-order valence-corrected chi connectivity index (χ2v) is 8.77. The third-order valence-corrected chi connectivity index (χ3v) is 6.93. The van der Waals surface area contributed by atoms with Gasteiger partial charge in [-0.25, -0.2) is 8.42 Å². The molecule has 2 aromatic rings. The summed E-state index contributed by atoms with van der Waals surface area (Å²) in [4.78, 5) is 26.0. The van der Waals surface area contributed by atoms with Gasteiger partial charge in [-0.1, -0.05) is 6.92 Å². The van der Waals surface area contributed by atoms with Crippen LogP contribution >= 0.6 is 0 Å². The van der Waals surface area contributed by atoms with Gasteiger partial charge in [0.05, 0.1) is 16.8 Å². The summed E-state index contributed by atoms with van der Waals surface area (Å²) in [5, 5.41) is 2.70. The van der Waals surface area contributed by atoms with Crippen LogP contribution in [0.15, 0.2) is 45.9 Å². The maximum atomic E-state index is 13.0. The summed E-state index contributed by atoms with van der Waals surface area (Å²) in [6.45, 7) is 2.72. The van der Waals surface area contributed by atoms with Crippen LogP contribution in [0.2, 0.25) is 0 Å². The number of nitrogens with zero attached hydrogens (tertiary/aromatic N) is 2. The largest absolute Gasteiger partial charge is 0.478 e. The summed E-state index contributed by atoms with van der Waals surface area (Å²) in [5.74, 6) is 0.132. The van der Waals surface area contributed by atoms with Crippen LogP contribution < -0.4 is 10.1 Å². The number of hydrogen-bond donors (Lipinski definition) is 1. The zero-order chi connectivity index (χ0) is 20.6.